The Morgan fingerprint density at radius 3 is 2.64 bits per heavy atom. The topological polar surface area (TPSA) is 26.3 Å². The molecule has 0 aromatic carbocycles. The maximum atomic E-state index is 10.3. The fraction of sp³-hybridized carbons (Fsp3) is 0.889. The summed E-state index contributed by atoms with van der Waals surface area (Å²) in [7, 11) is 0. The highest BCUT2D eigenvalue weighted by Gasteiger charge is 2.09. The normalized spacial score (nSPS) is 28.2. The van der Waals surface area contributed by atoms with E-state index in [4.69, 9.17) is 4.74 Å². The van der Waals surface area contributed by atoms with E-state index in [2.05, 4.69) is 0 Å². The molecule has 11 heavy (non-hydrogen) atoms. The standard InChI is InChI=1S/C9H15O2/c10-8-9-6-4-2-1-3-5-7-11-9/h9H,1-7H2. The Kier molecular flexibility index (Phi) is 4.21. The second-order valence-electron chi connectivity index (χ2n) is 3.03. The minimum Gasteiger partial charge on any atom is -0.370 e. The Hall–Kier alpha value is -0.370. The lowest BCUT2D eigenvalue weighted by Gasteiger charge is -2.07. The zero-order valence-corrected chi connectivity index (χ0v) is 6.84. The molecule has 1 fully saturated rings. The third-order valence-corrected chi connectivity index (χ3v) is 2.06. The molecular weight excluding hydrogens is 140 g/mol. The summed E-state index contributed by atoms with van der Waals surface area (Å²) in [5.41, 5.74) is 0. The maximum absolute atomic E-state index is 10.3. The van der Waals surface area contributed by atoms with Crippen molar-refractivity contribution >= 4 is 6.29 Å². The van der Waals surface area contributed by atoms with Crippen molar-refractivity contribution in [2.45, 2.75) is 44.6 Å². The smallest absolute Gasteiger partial charge is 0.229 e. The first-order chi connectivity index (χ1) is 5.43. The summed E-state index contributed by atoms with van der Waals surface area (Å²) in [6.45, 7) is 0.736. The van der Waals surface area contributed by atoms with E-state index in [0.717, 1.165) is 25.9 Å². The van der Waals surface area contributed by atoms with E-state index in [0.29, 0.717) is 0 Å². The largest absolute Gasteiger partial charge is 0.370 e. The van der Waals surface area contributed by atoms with Crippen molar-refractivity contribution in [2.24, 2.45) is 0 Å². The van der Waals surface area contributed by atoms with E-state index in [1.807, 2.05) is 6.29 Å². The van der Waals surface area contributed by atoms with Crippen molar-refractivity contribution in [3.63, 3.8) is 0 Å². The van der Waals surface area contributed by atoms with Crippen molar-refractivity contribution in [2.75, 3.05) is 6.61 Å². The Morgan fingerprint density at radius 2 is 1.82 bits per heavy atom. The molecule has 0 spiro atoms. The molecule has 0 amide bonds. The zero-order chi connectivity index (χ0) is 7.94. The fourth-order valence-corrected chi connectivity index (χ4v) is 1.36. The quantitative estimate of drug-likeness (QED) is 0.577. The van der Waals surface area contributed by atoms with E-state index < -0.39 is 0 Å². The highest BCUT2D eigenvalue weighted by molar-refractivity contribution is 5.56. The molecule has 1 aliphatic rings. The van der Waals surface area contributed by atoms with Gasteiger partial charge >= 0.3 is 0 Å². The molecule has 2 heteroatoms. The molecule has 0 aromatic heterocycles. The van der Waals surface area contributed by atoms with Crippen LogP contribution in [0, 0.1) is 0 Å². The lowest BCUT2D eigenvalue weighted by atomic mass is 10.1. The summed E-state index contributed by atoms with van der Waals surface area (Å²) in [5.74, 6) is 0. The van der Waals surface area contributed by atoms with Gasteiger partial charge in [-0.15, -0.1) is 0 Å². The average Bonchev–Trinajstić information content (AvgIpc) is 2.16. The molecule has 1 saturated heterocycles. The van der Waals surface area contributed by atoms with Gasteiger partial charge in [0.1, 0.15) is 6.10 Å². The van der Waals surface area contributed by atoms with Crippen LogP contribution in [0.5, 0.6) is 0 Å². The molecule has 0 bridgehead atoms. The van der Waals surface area contributed by atoms with Crippen LogP contribution in [0.2, 0.25) is 0 Å². The number of hydrogen-bond donors (Lipinski definition) is 0. The fourth-order valence-electron chi connectivity index (χ4n) is 1.36. The van der Waals surface area contributed by atoms with Crippen molar-refractivity contribution in [3.8, 4) is 0 Å². The first-order valence-corrected chi connectivity index (χ1v) is 4.43. The minimum absolute atomic E-state index is 0.243. The van der Waals surface area contributed by atoms with Gasteiger partial charge in [-0.25, -0.2) is 0 Å². The van der Waals surface area contributed by atoms with Gasteiger partial charge in [-0.1, -0.05) is 25.7 Å². The molecule has 2 nitrogen and oxygen atoms in total. The van der Waals surface area contributed by atoms with Crippen molar-refractivity contribution in [1.29, 1.82) is 0 Å². The Labute approximate surface area is 67.9 Å². The summed E-state index contributed by atoms with van der Waals surface area (Å²) in [6, 6.07) is 0. The van der Waals surface area contributed by atoms with Crippen molar-refractivity contribution < 1.29 is 9.53 Å². The summed E-state index contributed by atoms with van der Waals surface area (Å²) in [6.07, 6.45) is 8.52. The molecule has 0 N–H and O–H groups in total. The van der Waals surface area contributed by atoms with Gasteiger partial charge in [-0.05, 0) is 12.8 Å². The van der Waals surface area contributed by atoms with E-state index in [9.17, 15) is 4.79 Å². The van der Waals surface area contributed by atoms with Crippen LogP contribution in [0.1, 0.15) is 38.5 Å². The van der Waals surface area contributed by atoms with Crippen LogP contribution in [0.15, 0.2) is 0 Å². The molecule has 1 unspecified atom stereocenters. The highest BCUT2D eigenvalue weighted by Crippen LogP contribution is 2.12. The van der Waals surface area contributed by atoms with E-state index >= 15 is 0 Å². The predicted octanol–water partition coefficient (Wildman–Crippen LogP) is 1.84. The van der Waals surface area contributed by atoms with Gasteiger partial charge in [0.2, 0.25) is 6.29 Å². The summed E-state index contributed by atoms with van der Waals surface area (Å²) < 4.78 is 5.29. The van der Waals surface area contributed by atoms with Crippen LogP contribution >= 0.6 is 0 Å². The molecule has 1 heterocycles. The minimum atomic E-state index is -0.243. The monoisotopic (exact) mass is 155 g/mol. The lowest BCUT2D eigenvalue weighted by molar-refractivity contribution is 0.0893. The molecule has 1 aliphatic heterocycles. The van der Waals surface area contributed by atoms with E-state index in [1.54, 1.807) is 0 Å². The average molecular weight is 155 g/mol. The maximum Gasteiger partial charge on any atom is 0.229 e. The third-order valence-electron chi connectivity index (χ3n) is 2.06. The highest BCUT2D eigenvalue weighted by atomic mass is 16.5. The number of rotatable bonds is 1. The molecule has 63 valence electrons. The molecule has 1 atom stereocenters. The molecular formula is C9H15O2. The summed E-state index contributed by atoms with van der Waals surface area (Å²) >= 11 is 0. The van der Waals surface area contributed by atoms with Gasteiger partial charge in [0, 0.05) is 6.61 Å². The number of hydrogen-bond acceptors (Lipinski definition) is 2. The second-order valence-corrected chi connectivity index (χ2v) is 3.03. The van der Waals surface area contributed by atoms with Gasteiger partial charge in [-0.2, -0.15) is 0 Å². The van der Waals surface area contributed by atoms with Crippen LogP contribution in [-0.4, -0.2) is 19.0 Å². The summed E-state index contributed by atoms with van der Waals surface area (Å²) in [4.78, 5) is 10.3. The van der Waals surface area contributed by atoms with Crippen LogP contribution in [-0.2, 0) is 9.53 Å². The first kappa shape index (κ1) is 8.72. The van der Waals surface area contributed by atoms with Gasteiger partial charge in [0.25, 0.3) is 0 Å². The number of carbonyl (C=O) groups excluding carboxylic acids is 1. The van der Waals surface area contributed by atoms with Crippen LogP contribution < -0.4 is 0 Å². The molecule has 0 saturated carbocycles. The molecule has 0 aromatic rings. The molecule has 0 aliphatic carbocycles. The van der Waals surface area contributed by atoms with Gasteiger partial charge < -0.3 is 4.74 Å². The lowest BCUT2D eigenvalue weighted by Crippen LogP contribution is -2.14. The number of ether oxygens (including phenoxy) is 1. The molecule has 1 rings (SSSR count). The Bertz CT molecular complexity index is 102. The van der Waals surface area contributed by atoms with Crippen LogP contribution in [0.25, 0.3) is 0 Å². The first-order valence-electron chi connectivity index (χ1n) is 4.43. The van der Waals surface area contributed by atoms with E-state index in [1.165, 1.54) is 19.3 Å². The third kappa shape index (κ3) is 3.51. The Balaban J connectivity index is 2.24. The van der Waals surface area contributed by atoms with Gasteiger partial charge in [0.05, 0.1) is 0 Å². The van der Waals surface area contributed by atoms with Crippen LogP contribution in [0.3, 0.4) is 0 Å². The van der Waals surface area contributed by atoms with Crippen molar-refractivity contribution in [1.82, 2.24) is 0 Å². The van der Waals surface area contributed by atoms with Crippen LogP contribution in [0.4, 0.5) is 0 Å². The van der Waals surface area contributed by atoms with Gasteiger partial charge in [0.15, 0.2) is 0 Å². The SMILES string of the molecule is O=[C]C1CCCCCCCO1. The molecule has 1 radical (unpaired) electrons. The van der Waals surface area contributed by atoms with Gasteiger partial charge in [-0.3, -0.25) is 4.79 Å². The second kappa shape index (κ2) is 5.30. The zero-order valence-electron chi connectivity index (χ0n) is 6.84. The van der Waals surface area contributed by atoms with E-state index in [-0.39, 0.29) is 6.10 Å². The summed E-state index contributed by atoms with van der Waals surface area (Å²) in [5, 5.41) is 0. The van der Waals surface area contributed by atoms with Crippen molar-refractivity contribution in [3.05, 3.63) is 0 Å². The Morgan fingerprint density at radius 1 is 1.09 bits per heavy atom. The predicted molar refractivity (Wildman–Crippen MR) is 43.1 cm³/mol.